The zero-order valence-electron chi connectivity index (χ0n) is 14.4. The Morgan fingerprint density at radius 3 is 3.04 bits per heavy atom. The molecule has 1 atom stereocenters. The highest BCUT2D eigenvalue weighted by molar-refractivity contribution is 5.75. The molecule has 0 unspecified atom stereocenters. The number of rotatable bonds is 5. The molecule has 0 saturated carbocycles. The highest BCUT2D eigenvalue weighted by Crippen LogP contribution is 2.15. The van der Waals surface area contributed by atoms with Gasteiger partial charge in [0, 0.05) is 32.7 Å². The van der Waals surface area contributed by atoms with Crippen LogP contribution in [0.4, 0.5) is 4.79 Å². The molecular weight excluding hydrogens is 306 g/mol. The average Bonchev–Trinajstić information content (AvgIpc) is 3.04. The molecule has 7 heteroatoms. The molecule has 1 saturated heterocycles. The first-order valence-corrected chi connectivity index (χ1v) is 8.57. The SMILES string of the molecule is C[C@@H]1CCCCN1CCNC(=O)N(C)Cc1ccc2nonc2c1. The summed E-state index contributed by atoms with van der Waals surface area (Å²) in [7, 11) is 1.80. The van der Waals surface area contributed by atoms with Crippen molar-refractivity contribution in [1.29, 1.82) is 0 Å². The van der Waals surface area contributed by atoms with Gasteiger partial charge in [-0.2, -0.15) is 0 Å². The van der Waals surface area contributed by atoms with E-state index in [0.29, 0.717) is 24.6 Å². The highest BCUT2D eigenvalue weighted by atomic mass is 16.6. The fourth-order valence-electron chi connectivity index (χ4n) is 3.20. The maximum Gasteiger partial charge on any atom is 0.317 e. The van der Waals surface area contributed by atoms with Gasteiger partial charge < -0.3 is 10.2 Å². The Kier molecular flexibility index (Phi) is 5.30. The standard InChI is InChI=1S/C17H25N5O2/c1-13-5-3-4-9-22(13)10-8-18-17(23)21(2)12-14-6-7-15-16(11-14)20-24-19-15/h6-7,11,13H,3-5,8-10,12H2,1-2H3,(H,18,23)/t13-/m1/s1. The average molecular weight is 331 g/mol. The summed E-state index contributed by atoms with van der Waals surface area (Å²) in [5.41, 5.74) is 2.43. The second-order valence-corrected chi connectivity index (χ2v) is 6.56. The van der Waals surface area contributed by atoms with Gasteiger partial charge in [-0.15, -0.1) is 0 Å². The van der Waals surface area contributed by atoms with E-state index in [4.69, 9.17) is 4.63 Å². The Bertz CT molecular complexity index is 686. The molecule has 7 nitrogen and oxygen atoms in total. The third-order valence-electron chi connectivity index (χ3n) is 4.70. The fourth-order valence-corrected chi connectivity index (χ4v) is 3.20. The number of urea groups is 1. The van der Waals surface area contributed by atoms with Gasteiger partial charge in [0.15, 0.2) is 0 Å². The Morgan fingerprint density at radius 2 is 2.21 bits per heavy atom. The van der Waals surface area contributed by atoms with Crippen molar-refractivity contribution >= 4 is 17.1 Å². The molecular formula is C17H25N5O2. The zero-order valence-corrected chi connectivity index (χ0v) is 14.4. The lowest BCUT2D eigenvalue weighted by atomic mass is 10.0. The molecule has 0 bridgehead atoms. The molecule has 24 heavy (non-hydrogen) atoms. The van der Waals surface area contributed by atoms with Gasteiger partial charge in [0.05, 0.1) is 0 Å². The molecule has 1 fully saturated rings. The molecule has 0 spiro atoms. The largest absolute Gasteiger partial charge is 0.337 e. The number of hydrogen-bond donors (Lipinski definition) is 1. The van der Waals surface area contributed by atoms with Crippen molar-refractivity contribution in [1.82, 2.24) is 25.4 Å². The van der Waals surface area contributed by atoms with Crippen molar-refractivity contribution in [2.24, 2.45) is 0 Å². The molecule has 3 rings (SSSR count). The molecule has 1 aromatic carbocycles. The van der Waals surface area contributed by atoms with Gasteiger partial charge in [0.25, 0.3) is 0 Å². The van der Waals surface area contributed by atoms with Crippen LogP contribution < -0.4 is 5.32 Å². The third kappa shape index (κ3) is 4.03. The number of fused-ring (bicyclic) bond motifs is 1. The minimum Gasteiger partial charge on any atom is -0.337 e. The molecule has 1 aliphatic heterocycles. The number of aromatic nitrogens is 2. The Balaban J connectivity index is 1.45. The van der Waals surface area contributed by atoms with E-state index < -0.39 is 0 Å². The van der Waals surface area contributed by atoms with Crippen LogP contribution in [-0.2, 0) is 6.54 Å². The van der Waals surface area contributed by atoms with E-state index in [1.54, 1.807) is 11.9 Å². The van der Waals surface area contributed by atoms with Gasteiger partial charge in [-0.1, -0.05) is 12.5 Å². The zero-order chi connectivity index (χ0) is 16.9. The Morgan fingerprint density at radius 1 is 1.38 bits per heavy atom. The number of piperidine rings is 1. The summed E-state index contributed by atoms with van der Waals surface area (Å²) in [6.07, 6.45) is 3.84. The van der Waals surface area contributed by atoms with Gasteiger partial charge in [-0.25, -0.2) is 9.42 Å². The van der Waals surface area contributed by atoms with E-state index in [9.17, 15) is 4.79 Å². The summed E-state index contributed by atoms with van der Waals surface area (Å²) >= 11 is 0. The third-order valence-corrected chi connectivity index (χ3v) is 4.70. The quantitative estimate of drug-likeness (QED) is 0.909. The number of benzene rings is 1. The molecule has 2 amide bonds. The number of carbonyl (C=O) groups excluding carboxylic acids is 1. The maximum absolute atomic E-state index is 12.2. The highest BCUT2D eigenvalue weighted by Gasteiger charge is 2.18. The molecule has 1 aliphatic rings. The van der Waals surface area contributed by atoms with Crippen LogP contribution in [0.2, 0.25) is 0 Å². The molecule has 0 radical (unpaired) electrons. The van der Waals surface area contributed by atoms with Crippen LogP contribution in [-0.4, -0.2) is 58.9 Å². The van der Waals surface area contributed by atoms with E-state index >= 15 is 0 Å². The lowest BCUT2D eigenvalue weighted by Gasteiger charge is -2.33. The Labute approximate surface area is 141 Å². The van der Waals surface area contributed by atoms with Crippen molar-refractivity contribution < 1.29 is 9.42 Å². The van der Waals surface area contributed by atoms with Crippen molar-refractivity contribution in [3.63, 3.8) is 0 Å². The summed E-state index contributed by atoms with van der Waals surface area (Å²) < 4.78 is 4.69. The first kappa shape index (κ1) is 16.7. The first-order valence-electron chi connectivity index (χ1n) is 8.57. The monoisotopic (exact) mass is 331 g/mol. The van der Waals surface area contributed by atoms with Crippen LogP contribution in [0.3, 0.4) is 0 Å². The van der Waals surface area contributed by atoms with Crippen molar-refractivity contribution in [3.8, 4) is 0 Å². The molecule has 2 heterocycles. The van der Waals surface area contributed by atoms with Crippen LogP contribution >= 0.6 is 0 Å². The predicted octanol–water partition coefficient (Wildman–Crippen LogP) is 2.24. The van der Waals surface area contributed by atoms with Gasteiger partial charge >= 0.3 is 6.03 Å². The van der Waals surface area contributed by atoms with Crippen LogP contribution in [0, 0.1) is 0 Å². The van der Waals surface area contributed by atoms with E-state index in [2.05, 4.69) is 27.5 Å². The smallest absolute Gasteiger partial charge is 0.317 e. The van der Waals surface area contributed by atoms with Crippen molar-refractivity contribution in [2.75, 3.05) is 26.7 Å². The molecule has 1 aromatic heterocycles. The number of likely N-dealkylation sites (tertiary alicyclic amines) is 1. The second-order valence-electron chi connectivity index (χ2n) is 6.56. The lowest BCUT2D eigenvalue weighted by molar-refractivity contribution is 0.159. The number of nitrogens with one attached hydrogen (secondary N) is 1. The van der Waals surface area contributed by atoms with E-state index in [0.717, 1.165) is 24.2 Å². The van der Waals surface area contributed by atoms with Gasteiger partial charge in [-0.05, 0) is 54.3 Å². The normalized spacial score (nSPS) is 18.7. The molecule has 0 aliphatic carbocycles. The van der Waals surface area contributed by atoms with Crippen molar-refractivity contribution in [2.45, 2.75) is 38.8 Å². The van der Waals surface area contributed by atoms with Crippen LogP contribution in [0.1, 0.15) is 31.7 Å². The summed E-state index contributed by atoms with van der Waals surface area (Å²) in [5, 5.41) is 10.6. The minimum atomic E-state index is -0.0574. The van der Waals surface area contributed by atoms with Crippen molar-refractivity contribution in [3.05, 3.63) is 23.8 Å². The number of nitrogens with zero attached hydrogens (tertiary/aromatic N) is 4. The molecule has 1 N–H and O–H groups in total. The summed E-state index contributed by atoms with van der Waals surface area (Å²) in [6, 6.07) is 6.25. The van der Waals surface area contributed by atoms with Crippen LogP contribution in [0.25, 0.3) is 11.0 Å². The van der Waals surface area contributed by atoms with E-state index in [-0.39, 0.29) is 6.03 Å². The second kappa shape index (κ2) is 7.61. The van der Waals surface area contributed by atoms with E-state index in [1.165, 1.54) is 19.3 Å². The van der Waals surface area contributed by atoms with Gasteiger partial charge in [0.2, 0.25) is 0 Å². The molecule has 130 valence electrons. The van der Waals surface area contributed by atoms with Gasteiger partial charge in [0.1, 0.15) is 11.0 Å². The lowest BCUT2D eigenvalue weighted by Crippen LogP contribution is -2.44. The van der Waals surface area contributed by atoms with Gasteiger partial charge in [-0.3, -0.25) is 4.90 Å². The first-order chi connectivity index (χ1) is 11.6. The van der Waals surface area contributed by atoms with Crippen LogP contribution in [0.15, 0.2) is 22.8 Å². The Hall–Kier alpha value is -2.15. The maximum atomic E-state index is 12.2. The van der Waals surface area contributed by atoms with Crippen LogP contribution in [0.5, 0.6) is 0 Å². The predicted molar refractivity (Wildman–Crippen MR) is 91.6 cm³/mol. The number of hydrogen-bond acceptors (Lipinski definition) is 5. The molecule has 2 aromatic rings. The number of carbonyl (C=O) groups is 1. The minimum absolute atomic E-state index is 0.0574. The summed E-state index contributed by atoms with van der Waals surface area (Å²) in [4.78, 5) is 16.4. The summed E-state index contributed by atoms with van der Waals surface area (Å²) in [6.45, 7) is 5.52. The summed E-state index contributed by atoms with van der Waals surface area (Å²) in [5.74, 6) is 0. The number of amides is 2. The van der Waals surface area contributed by atoms with E-state index in [1.807, 2.05) is 18.2 Å². The topological polar surface area (TPSA) is 74.5 Å². The fraction of sp³-hybridized carbons (Fsp3) is 0.588.